The Morgan fingerprint density at radius 2 is 0.670 bits per heavy atom. The van der Waals surface area contributed by atoms with Crippen molar-refractivity contribution in [1.29, 1.82) is 0 Å². The first-order chi connectivity index (χ1) is 53.4. The van der Waals surface area contributed by atoms with Gasteiger partial charge in [0.2, 0.25) is 0 Å². The normalized spacial score (nSPS) is 12.5. The van der Waals surface area contributed by atoms with Crippen LogP contribution in [0.2, 0.25) is 0 Å². The van der Waals surface area contributed by atoms with Crippen LogP contribution in [0.25, 0.3) is 134 Å². The predicted molar refractivity (Wildman–Crippen MR) is 483 cm³/mol. The third-order valence-corrected chi connectivity index (χ3v) is 25.6. The van der Waals surface area contributed by atoms with Gasteiger partial charge < -0.3 is 9.97 Å². The number of thiophene rings is 2. The fourth-order valence-electron chi connectivity index (χ4n) is 15.5. The molecule has 7 nitrogen and oxygen atoms in total. The monoisotopic (exact) mass is 1630 g/mol. The van der Waals surface area contributed by atoms with Crippen molar-refractivity contribution in [2.75, 3.05) is 0 Å². The number of halogens is 1. The van der Waals surface area contributed by atoms with Gasteiger partial charge in [-0.15, -0.1) is 44.7 Å². The Morgan fingerprint density at radius 1 is 0.321 bits per heavy atom. The van der Waals surface area contributed by atoms with Crippen LogP contribution in [0.15, 0.2) is 162 Å². The topological polar surface area (TPSA) is 92.7 Å². The van der Waals surface area contributed by atoms with E-state index in [0.29, 0.717) is 0 Å². The van der Waals surface area contributed by atoms with Crippen molar-refractivity contribution in [3.8, 4) is 87.5 Å². The first-order valence-corrected chi connectivity index (χ1v) is 44.1. The molecule has 2 aliphatic rings. The summed E-state index contributed by atoms with van der Waals surface area (Å²) in [5.41, 5.74) is 27.1. The van der Waals surface area contributed by atoms with Crippen LogP contribution in [-0.2, 0) is 54.0 Å². The summed E-state index contributed by atoms with van der Waals surface area (Å²) in [6.07, 6.45) is 40.5. The zero-order valence-corrected chi connectivity index (χ0v) is 75.6. The number of fused-ring (bicyclic) bond motifs is 8. The van der Waals surface area contributed by atoms with Crippen LogP contribution in [0, 0.1) is 0 Å². The third kappa shape index (κ3) is 20.5. The number of rotatable bonds is 30. The van der Waals surface area contributed by atoms with E-state index >= 15 is 0 Å². The number of hydrogen-bond donors (Lipinski definition) is 0. The molecule has 576 valence electrons. The second-order valence-corrected chi connectivity index (χ2v) is 38.8. The van der Waals surface area contributed by atoms with Gasteiger partial charge >= 0.3 is 19.5 Å². The van der Waals surface area contributed by atoms with Crippen LogP contribution in [0.3, 0.4) is 0 Å². The SMILES string of the molecule is CCCCCCCCCCCCc1cc(-c2c3nc(c(-c4cc(C(C)(C)C)cc(C(C)(C)C)c4)c4ccc([n-]4)c(-c4cc(CCCCCCCCCCCC)c(-c5ccc(-c6cc(-c7ccccn7)nc(-c7ccccn7)c6)cc5)s4)c4nc(c(-c5cc(C(C)(C)C)cc(C(C)(C)C)c5)c5ccc2[n-]5)C=C4)C=C3)sc1Br.[Zn+2]. The van der Waals surface area contributed by atoms with Gasteiger partial charge in [-0.25, -0.2) is 15.0 Å². The van der Waals surface area contributed by atoms with Crippen molar-refractivity contribution in [3.63, 3.8) is 0 Å². The molecule has 0 radical (unpaired) electrons. The Hall–Kier alpha value is -7.79. The van der Waals surface area contributed by atoms with Crippen molar-refractivity contribution in [1.82, 2.24) is 34.9 Å². The molecular formula is C101H116BrN7S2Zn. The fraction of sp³-hybridized carbons (Fsp3) is 0.396. The first-order valence-electron chi connectivity index (χ1n) is 41.6. The maximum absolute atomic E-state index is 5.98. The molecule has 2 aliphatic heterocycles. The molecule has 13 rings (SSSR count). The summed E-state index contributed by atoms with van der Waals surface area (Å²) >= 11 is 7.83. The van der Waals surface area contributed by atoms with Crippen LogP contribution < -0.4 is 9.97 Å². The molecule has 0 aliphatic carbocycles. The van der Waals surface area contributed by atoms with E-state index in [1.165, 1.54) is 163 Å². The predicted octanol–water partition coefficient (Wildman–Crippen LogP) is 30.4. The molecule has 0 saturated carbocycles. The van der Waals surface area contributed by atoms with E-state index in [-0.39, 0.29) is 41.1 Å². The molecule has 3 aromatic carbocycles. The Kier molecular flexibility index (Phi) is 27.8. The second-order valence-electron chi connectivity index (χ2n) is 35.3. The van der Waals surface area contributed by atoms with Crippen LogP contribution in [0.1, 0.15) is 282 Å². The molecule has 112 heavy (non-hydrogen) atoms. The molecule has 0 N–H and O–H groups in total. The third-order valence-electron chi connectivity index (χ3n) is 22.3. The van der Waals surface area contributed by atoms with E-state index in [1.807, 2.05) is 71.5 Å². The summed E-state index contributed by atoms with van der Waals surface area (Å²) in [6.45, 7) is 32.6. The zero-order valence-electron chi connectivity index (χ0n) is 69.4. The maximum Gasteiger partial charge on any atom is 2.00 e. The van der Waals surface area contributed by atoms with Crippen LogP contribution >= 0.6 is 38.6 Å². The molecule has 10 heterocycles. The number of unbranched alkanes of at least 4 members (excludes halogenated alkanes) is 18. The second kappa shape index (κ2) is 37.2. The van der Waals surface area contributed by atoms with E-state index in [9.17, 15) is 0 Å². The van der Waals surface area contributed by atoms with Gasteiger partial charge in [-0.1, -0.05) is 310 Å². The molecule has 8 bridgehead atoms. The molecule has 0 amide bonds. The molecule has 0 atom stereocenters. The minimum atomic E-state index is -0.139. The number of hydrogen-bond acceptors (Lipinski definition) is 7. The Morgan fingerprint density at radius 3 is 1.05 bits per heavy atom. The average Bonchev–Trinajstić information content (AvgIpc) is 1.51. The minimum Gasteiger partial charge on any atom is -0.657 e. The van der Waals surface area contributed by atoms with Crippen molar-refractivity contribution >= 4 is 85.0 Å². The first kappa shape index (κ1) is 83.6. The Labute approximate surface area is 699 Å². The van der Waals surface area contributed by atoms with Gasteiger partial charge in [0, 0.05) is 38.2 Å². The quantitative estimate of drug-likeness (QED) is 0.0327. The summed E-state index contributed by atoms with van der Waals surface area (Å²) < 4.78 is 1.18. The van der Waals surface area contributed by atoms with Crippen molar-refractivity contribution < 1.29 is 19.5 Å². The number of aromatic nitrogens is 7. The summed E-state index contributed by atoms with van der Waals surface area (Å²) in [6, 6.07) is 54.0. The molecule has 11 heteroatoms. The molecule has 0 fully saturated rings. The van der Waals surface area contributed by atoms with E-state index in [2.05, 4.69) is 246 Å². The number of benzene rings is 3. The van der Waals surface area contributed by atoms with Crippen molar-refractivity contribution in [2.24, 2.45) is 0 Å². The number of pyridine rings is 3. The van der Waals surface area contributed by atoms with Gasteiger partial charge in [0.15, 0.2) is 0 Å². The summed E-state index contributed by atoms with van der Waals surface area (Å²) in [5.74, 6) is 0. The van der Waals surface area contributed by atoms with Gasteiger partial charge in [-0.2, -0.15) is 0 Å². The van der Waals surface area contributed by atoms with Crippen molar-refractivity contribution in [3.05, 3.63) is 218 Å². The van der Waals surface area contributed by atoms with Crippen molar-refractivity contribution in [2.45, 2.75) is 260 Å². The van der Waals surface area contributed by atoms with Crippen LogP contribution in [-0.4, -0.2) is 24.9 Å². The molecule has 0 unspecified atom stereocenters. The molecule has 0 saturated heterocycles. The fourth-order valence-corrected chi connectivity index (χ4v) is 18.7. The molecule has 0 spiro atoms. The summed E-state index contributed by atoms with van der Waals surface area (Å²) in [4.78, 5) is 41.9. The molecule has 11 aromatic rings. The van der Waals surface area contributed by atoms with Gasteiger partial charge in [0.25, 0.3) is 0 Å². The van der Waals surface area contributed by atoms with E-state index in [0.717, 1.165) is 148 Å². The van der Waals surface area contributed by atoms with E-state index < -0.39 is 0 Å². The standard InChI is InChI=1S/C101H116BrN7S2.Zn/c1-15-17-19-21-23-25-27-29-31-33-39-69-63-90(110-96(69)68-45-43-67(44-46-68)71-61-88(78-41-35-37-55-103-78)109-89(62-71)79-42-36-38-56-104-79)94-84-51-47-80(105-84)92(72-57-74(98(3,4)5)65-75(58-72)99(6,7)8)82-49-53-86(107-82)95(91-64-70(97(102)111-91)40-34-32-30-28-26-24-22-20-18-16-2)87-54-50-83(108-87)93(81-48-52-85(94)106-81)73-59-76(100(9,10)11)66-77(60-73)101(12,13)14;/h35-38,41-66H,15-34,39-40H2,1-14H3;/q-2;+2. The van der Waals surface area contributed by atoms with Crippen LogP contribution in [0.5, 0.6) is 0 Å². The Bertz CT molecular complexity index is 5080. The van der Waals surface area contributed by atoms with E-state index in [1.54, 1.807) is 0 Å². The van der Waals surface area contributed by atoms with Gasteiger partial charge in [-0.05, 0) is 208 Å². The minimum absolute atomic E-state index is 0. The smallest absolute Gasteiger partial charge is 0.657 e. The van der Waals surface area contributed by atoms with Gasteiger partial charge in [-0.3, -0.25) is 9.97 Å². The number of nitrogens with zero attached hydrogens (tertiary/aromatic N) is 7. The maximum atomic E-state index is 5.98. The molecule has 8 aromatic heterocycles. The van der Waals surface area contributed by atoms with Crippen LogP contribution in [0.4, 0.5) is 0 Å². The summed E-state index contributed by atoms with van der Waals surface area (Å²) in [5, 5.41) is 0. The number of aryl methyl sites for hydroxylation is 2. The Balaban J connectivity index is 0.0000116. The van der Waals surface area contributed by atoms with Gasteiger partial charge in [0.1, 0.15) is 0 Å². The average molecular weight is 1640 g/mol. The van der Waals surface area contributed by atoms with Gasteiger partial charge in [0.05, 0.1) is 49.3 Å². The largest absolute Gasteiger partial charge is 2.00 e. The van der Waals surface area contributed by atoms with E-state index in [4.69, 9.17) is 34.9 Å². The molecular weight excluding hydrogens is 1520 g/mol. The summed E-state index contributed by atoms with van der Waals surface area (Å²) in [7, 11) is 0. The zero-order chi connectivity index (χ0) is 78.0.